The number of ether oxygens (including phenoxy) is 2. The number of anilines is 1. The summed E-state index contributed by atoms with van der Waals surface area (Å²) in [6.07, 6.45) is 0. The number of halogens is 1. The zero-order chi connectivity index (χ0) is 19.2. The summed E-state index contributed by atoms with van der Waals surface area (Å²) in [6, 6.07) is 11.5. The number of fused-ring (bicyclic) bond motifs is 1. The Balaban J connectivity index is 1.58. The van der Waals surface area contributed by atoms with E-state index in [4.69, 9.17) is 9.47 Å². The van der Waals surface area contributed by atoms with Crippen LogP contribution in [0.15, 0.2) is 40.9 Å². The number of carbonyl (C=O) groups is 1. The highest BCUT2D eigenvalue weighted by Crippen LogP contribution is 2.38. The van der Waals surface area contributed by atoms with E-state index in [2.05, 4.69) is 57.6 Å². The van der Waals surface area contributed by atoms with E-state index >= 15 is 0 Å². The van der Waals surface area contributed by atoms with E-state index in [1.165, 1.54) is 5.56 Å². The molecule has 2 aromatic rings. The van der Waals surface area contributed by atoms with Crippen LogP contribution in [0.5, 0.6) is 11.5 Å². The van der Waals surface area contributed by atoms with Gasteiger partial charge in [-0.1, -0.05) is 31.2 Å². The number of rotatable bonds is 6. The van der Waals surface area contributed by atoms with Crippen LogP contribution >= 0.6 is 15.9 Å². The van der Waals surface area contributed by atoms with Crippen LogP contribution in [-0.2, 0) is 13.1 Å². The Hall–Kier alpha value is -2.25. The third-order valence-corrected chi connectivity index (χ3v) is 4.97. The summed E-state index contributed by atoms with van der Waals surface area (Å²) in [6.45, 7) is 5.50. The first kappa shape index (κ1) is 19.5. The maximum absolute atomic E-state index is 12.3. The van der Waals surface area contributed by atoms with Gasteiger partial charge in [0.1, 0.15) is 13.2 Å². The summed E-state index contributed by atoms with van der Waals surface area (Å²) in [5, 5.41) is 5.74. The van der Waals surface area contributed by atoms with E-state index in [1.807, 2.05) is 12.1 Å². The molecule has 7 heteroatoms. The second kappa shape index (κ2) is 9.10. The first-order chi connectivity index (χ1) is 13.0. The topological polar surface area (TPSA) is 62.8 Å². The van der Waals surface area contributed by atoms with Crippen LogP contribution < -0.4 is 20.1 Å². The maximum atomic E-state index is 12.3. The third kappa shape index (κ3) is 5.37. The second-order valence-electron chi connectivity index (χ2n) is 6.43. The molecule has 2 aromatic carbocycles. The van der Waals surface area contributed by atoms with Gasteiger partial charge in [0.05, 0.1) is 5.69 Å². The molecule has 27 heavy (non-hydrogen) atoms. The summed E-state index contributed by atoms with van der Waals surface area (Å²) in [5.74, 6) is 1.31. The molecule has 3 rings (SSSR count). The number of nitrogens with zero attached hydrogens (tertiary/aromatic N) is 1. The van der Waals surface area contributed by atoms with E-state index < -0.39 is 0 Å². The lowest BCUT2D eigenvalue weighted by atomic mass is 10.1. The summed E-state index contributed by atoms with van der Waals surface area (Å²) in [4.78, 5) is 14.5. The average Bonchev–Trinajstić information content (AvgIpc) is 2.67. The van der Waals surface area contributed by atoms with Crippen molar-refractivity contribution in [2.45, 2.75) is 20.0 Å². The van der Waals surface area contributed by atoms with E-state index in [9.17, 15) is 4.79 Å². The van der Waals surface area contributed by atoms with Crippen molar-refractivity contribution in [3.05, 3.63) is 52.0 Å². The molecule has 0 radical (unpaired) electrons. The zero-order valence-electron chi connectivity index (χ0n) is 15.5. The normalized spacial score (nSPS) is 12.7. The minimum atomic E-state index is -0.275. The second-order valence-corrected chi connectivity index (χ2v) is 7.29. The van der Waals surface area contributed by atoms with Crippen LogP contribution in [0.2, 0.25) is 0 Å². The van der Waals surface area contributed by atoms with Gasteiger partial charge in [0.25, 0.3) is 0 Å². The molecule has 0 atom stereocenters. The Morgan fingerprint density at radius 2 is 1.85 bits per heavy atom. The molecule has 144 valence electrons. The number of hydrogen-bond donors (Lipinski definition) is 2. The SMILES string of the molecule is CCN(C)Cc1cccc(CNC(=O)Nc2cc3c(cc2Br)OCCO3)c1. The number of hydrogen-bond acceptors (Lipinski definition) is 4. The van der Waals surface area contributed by atoms with Crippen molar-refractivity contribution in [1.29, 1.82) is 0 Å². The van der Waals surface area contributed by atoms with Crippen molar-refractivity contribution in [2.24, 2.45) is 0 Å². The molecule has 0 saturated heterocycles. The van der Waals surface area contributed by atoms with Crippen molar-refractivity contribution < 1.29 is 14.3 Å². The number of benzene rings is 2. The van der Waals surface area contributed by atoms with Crippen LogP contribution in [0, 0.1) is 0 Å². The van der Waals surface area contributed by atoms with Crippen LogP contribution in [0.25, 0.3) is 0 Å². The molecule has 0 aliphatic carbocycles. The Morgan fingerprint density at radius 3 is 2.59 bits per heavy atom. The van der Waals surface area contributed by atoms with Gasteiger partial charge in [-0.05, 0) is 40.6 Å². The van der Waals surface area contributed by atoms with Gasteiger partial charge in [0, 0.05) is 29.7 Å². The Bertz CT molecular complexity index is 813. The highest BCUT2D eigenvalue weighted by atomic mass is 79.9. The van der Waals surface area contributed by atoms with Crippen LogP contribution in [0.1, 0.15) is 18.1 Å². The molecule has 2 amide bonds. The first-order valence-corrected chi connectivity index (χ1v) is 9.75. The fraction of sp³-hybridized carbons (Fsp3) is 0.350. The molecule has 1 aliphatic rings. The molecule has 0 fully saturated rings. The van der Waals surface area contributed by atoms with Gasteiger partial charge in [-0.25, -0.2) is 4.79 Å². The van der Waals surface area contributed by atoms with E-state index in [0.29, 0.717) is 36.9 Å². The molecule has 1 heterocycles. The van der Waals surface area contributed by atoms with Gasteiger partial charge in [0.2, 0.25) is 0 Å². The standard InChI is InChI=1S/C20H24BrN3O3/c1-3-24(2)13-15-6-4-5-14(9-15)12-22-20(25)23-17-11-19-18(10-16(17)21)26-7-8-27-19/h4-6,9-11H,3,7-8,12-13H2,1-2H3,(H2,22,23,25). The lowest BCUT2D eigenvalue weighted by molar-refractivity contribution is 0.171. The molecule has 0 aromatic heterocycles. The predicted octanol–water partition coefficient (Wildman–Crippen LogP) is 3.99. The minimum absolute atomic E-state index is 0.275. The third-order valence-electron chi connectivity index (χ3n) is 4.32. The molecule has 0 unspecified atom stereocenters. The van der Waals surface area contributed by atoms with Gasteiger partial charge in [0.15, 0.2) is 11.5 Å². The Morgan fingerprint density at radius 1 is 1.15 bits per heavy atom. The lowest BCUT2D eigenvalue weighted by Crippen LogP contribution is -2.28. The number of carbonyl (C=O) groups excluding carboxylic acids is 1. The molecule has 0 saturated carbocycles. The summed E-state index contributed by atoms with van der Waals surface area (Å²) in [5.41, 5.74) is 2.93. The highest BCUT2D eigenvalue weighted by molar-refractivity contribution is 9.10. The van der Waals surface area contributed by atoms with Crippen molar-refractivity contribution >= 4 is 27.6 Å². The Kier molecular flexibility index (Phi) is 6.58. The quantitative estimate of drug-likeness (QED) is 0.722. The van der Waals surface area contributed by atoms with E-state index in [0.717, 1.165) is 23.1 Å². The number of urea groups is 1. The van der Waals surface area contributed by atoms with Crippen LogP contribution in [0.3, 0.4) is 0 Å². The molecular weight excluding hydrogens is 410 g/mol. The molecule has 1 aliphatic heterocycles. The first-order valence-electron chi connectivity index (χ1n) is 8.95. The molecule has 0 spiro atoms. The van der Waals surface area contributed by atoms with Crippen LogP contribution in [-0.4, -0.2) is 37.7 Å². The summed E-state index contributed by atoms with van der Waals surface area (Å²) < 4.78 is 11.8. The fourth-order valence-electron chi connectivity index (χ4n) is 2.77. The van der Waals surface area contributed by atoms with Gasteiger partial charge in [-0.2, -0.15) is 0 Å². The van der Waals surface area contributed by atoms with Gasteiger partial charge >= 0.3 is 6.03 Å². The smallest absolute Gasteiger partial charge is 0.319 e. The molecule has 6 nitrogen and oxygen atoms in total. The van der Waals surface area contributed by atoms with Crippen molar-refractivity contribution in [3.63, 3.8) is 0 Å². The number of amides is 2. The van der Waals surface area contributed by atoms with Gasteiger partial charge in [-0.3, -0.25) is 0 Å². The lowest BCUT2D eigenvalue weighted by Gasteiger charge is -2.20. The van der Waals surface area contributed by atoms with Crippen molar-refractivity contribution in [1.82, 2.24) is 10.2 Å². The summed E-state index contributed by atoms with van der Waals surface area (Å²) >= 11 is 3.46. The average molecular weight is 434 g/mol. The predicted molar refractivity (Wildman–Crippen MR) is 109 cm³/mol. The zero-order valence-corrected chi connectivity index (χ0v) is 17.1. The monoisotopic (exact) mass is 433 g/mol. The molecule has 0 bridgehead atoms. The number of nitrogens with one attached hydrogen (secondary N) is 2. The largest absolute Gasteiger partial charge is 0.486 e. The van der Waals surface area contributed by atoms with Crippen molar-refractivity contribution in [2.75, 3.05) is 32.1 Å². The fourth-order valence-corrected chi connectivity index (χ4v) is 3.19. The van der Waals surface area contributed by atoms with Crippen LogP contribution in [0.4, 0.5) is 10.5 Å². The van der Waals surface area contributed by atoms with E-state index in [-0.39, 0.29) is 6.03 Å². The van der Waals surface area contributed by atoms with Crippen molar-refractivity contribution in [3.8, 4) is 11.5 Å². The minimum Gasteiger partial charge on any atom is -0.486 e. The maximum Gasteiger partial charge on any atom is 0.319 e. The summed E-state index contributed by atoms with van der Waals surface area (Å²) in [7, 11) is 2.09. The van der Waals surface area contributed by atoms with Gasteiger partial charge in [-0.15, -0.1) is 0 Å². The highest BCUT2D eigenvalue weighted by Gasteiger charge is 2.16. The van der Waals surface area contributed by atoms with Gasteiger partial charge < -0.3 is 25.0 Å². The molecular formula is C20H24BrN3O3. The van der Waals surface area contributed by atoms with E-state index in [1.54, 1.807) is 12.1 Å². The Labute approximate surface area is 168 Å². The molecule has 2 N–H and O–H groups in total.